The molecule has 1 aliphatic carbocycles. The first-order valence-corrected chi connectivity index (χ1v) is 6.20. The second-order valence-corrected chi connectivity index (χ2v) is 5.34. The Morgan fingerprint density at radius 2 is 2.00 bits per heavy atom. The standard InChI is InChI=1S/C12H24N2/c1-9(2)12-10(8-13)4-3-7-14(12)11-5-6-11/h9-12H,3-8,13H2,1-2H3/t10-,12-/m1/s1. The number of hydrogen-bond acceptors (Lipinski definition) is 2. The number of nitrogens with zero attached hydrogens (tertiary/aromatic N) is 1. The summed E-state index contributed by atoms with van der Waals surface area (Å²) in [6.07, 6.45) is 5.57. The minimum absolute atomic E-state index is 0.754. The first kappa shape index (κ1) is 10.4. The van der Waals surface area contributed by atoms with Crippen LogP contribution in [0.2, 0.25) is 0 Å². The summed E-state index contributed by atoms with van der Waals surface area (Å²) in [5, 5.41) is 0. The van der Waals surface area contributed by atoms with E-state index in [9.17, 15) is 0 Å². The highest BCUT2D eigenvalue weighted by atomic mass is 15.2. The van der Waals surface area contributed by atoms with Crippen LogP contribution in [-0.4, -0.2) is 30.1 Å². The summed E-state index contributed by atoms with van der Waals surface area (Å²) < 4.78 is 0. The third-order valence-electron chi connectivity index (χ3n) is 3.86. The van der Waals surface area contributed by atoms with Crippen LogP contribution in [0.1, 0.15) is 39.5 Å². The lowest BCUT2D eigenvalue weighted by molar-refractivity contribution is 0.0561. The van der Waals surface area contributed by atoms with Gasteiger partial charge in [0.15, 0.2) is 0 Å². The summed E-state index contributed by atoms with van der Waals surface area (Å²) in [7, 11) is 0. The molecular weight excluding hydrogens is 172 g/mol. The molecule has 82 valence electrons. The lowest BCUT2D eigenvalue weighted by Gasteiger charge is -2.43. The van der Waals surface area contributed by atoms with Crippen LogP contribution in [0.25, 0.3) is 0 Å². The van der Waals surface area contributed by atoms with E-state index in [1.54, 1.807) is 0 Å². The Balaban J connectivity index is 2.05. The van der Waals surface area contributed by atoms with Gasteiger partial charge in [0.2, 0.25) is 0 Å². The van der Waals surface area contributed by atoms with Crippen LogP contribution in [0.4, 0.5) is 0 Å². The van der Waals surface area contributed by atoms with Crippen LogP contribution in [0.3, 0.4) is 0 Å². The van der Waals surface area contributed by atoms with Gasteiger partial charge in [-0.05, 0) is 50.6 Å². The quantitative estimate of drug-likeness (QED) is 0.746. The van der Waals surface area contributed by atoms with E-state index in [-0.39, 0.29) is 0 Å². The van der Waals surface area contributed by atoms with Crippen molar-refractivity contribution in [2.75, 3.05) is 13.1 Å². The first-order valence-electron chi connectivity index (χ1n) is 6.20. The van der Waals surface area contributed by atoms with Crippen molar-refractivity contribution >= 4 is 0 Å². The summed E-state index contributed by atoms with van der Waals surface area (Å²) in [4.78, 5) is 2.76. The third-order valence-corrected chi connectivity index (χ3v) is 3.86. The van der Waals surface area contributed by atoms with E-state index in [4.69, 9.17) is 5.73 Å². The van der Waals surface area contributed by atoms with Crippen LogP contribution in [-0.2, 0) is 0 Å². The highest BCUT2D eigenvalue weighted by Gasteiger charge is 2.40. The summed E-state index contributed by atoms with van der Waals surface area (Å²) >= 11 is 0. The van der Waals surface area contributed by atoms with Gasteiger partial charge in [0.05, 0.1) is 0 Å². The molecule has 0 aromatic rings. The lowest BCUT2D eigenvalue weighted by atomic mass is 9.82. The van der Waals surface area contributed by atoms with Gasteiger partial charge in [-0.1, -0.05) is 13.8 Å². The molecule has 2 aliphatic rings. The van der Waals surface area contributed by atoms with Gasteiger partial charge in [-0.25, -0.2) is 0 Å². The van der Waals surface area contributed by atoms with Crippen LogP contribution < -0.4 is 5.73 Å². The maximum atomic E-state index is 5.89. The molecular formula is C12H24N2. The number of piperidine rings is 1. The number of rotatable bonds is 3. The molecule has 2 fully saturated rings. The zero-order chi connectivity index (χ0) is 10.1. The molecule has 0 amide bonds. The van der Waals surface area contributed by atoms with E-state index in [1.165, 1.54) is 32.2 Å². The average molecular weight is 196 g/mol. The Morgan fingerprint density at radius 1 is 1.29 bits per heavy atom. The van der Waals surface area contributed by atoms with E-state index < -0.39 is 0 Å². The van der Waals surface area contributed by atoms with Crippen LogP contribution in [0.15, 0.2) is 0 Å². The molecule has 2 nitrogen and oxygen atoms in total. The van der Waals surface area contributed by atoms with Gasteiger partial charge in [0, 0.05) is 12.1 Å². The lowest BCUT2D eigenvalue weighted by Crippen LogP contribution is -2.51. The van der Waals surface area contributed by atoms with E-state index in [1.807, 2.05) is 0 Å². The number of hydrogen-bond donors (Lipinski definition) is 1. The highest BCUT2D eigenvalue weighted by Crippen LogP contribution is 2.37. The Labute approximate surface area is 87.8 Å². The van der Waals surface area contributed by atoms with Crippen molar-refractivity contribution in [1.82, 2.24) is 4.90 Å². The molecule has 0 unspecified atom stereocenters. The van der Waals surface area contributed by atoms with E-state index in [0.29, 0.717) is 0 Å². The minimum atomic E-state index is 0.754. The summed E-state index contributed by atoms with van der Waals surface area (Å²) in [5.41, 5.74) is 5.89. The van der Waals surface area contributed by atoms with Gasteiger partial charge in [0.25, 0.3) is 0 Å². The van der Waals surface area contributed by atoms with E-state index in [2.05, 4.69) is 18.7 Å². The van der Waals surface area contributed by atoms with E-state index >= 15 is 0 Å². The Bertz CT molecular complexity index is 187. The van der Waals surface area contributed by atoms with Crippen molar-refractivity contribution in [1.29, 1.82) is 0 Å². The zero-order valence-electron chi connectivity index (χ0n) is 9.58. The summed E-state index contributed by atoms with van der Waals surface area (Å²) in [6.45, 7) is 6.91. The molecule has 1 saturated heterocycles. The molecule has 0 bridgehead atoms. The second kappa shape index (κ2) is 4.19. The molecule has 2 heteroatoms. The Hall–Kier alpha value is -0.0800. The van der Waals surface area contributed by atoms with Gasteiger partial charge in [0.1, 0.15) is 0 Å². The molecule has 0 spiro atoms. The van der Waals surface area contributed by atoms with Crippen molar-refractivity contribution < 1.29 is 0 Å². The predicted octanol–water partition coefficient (Wildman–Crippen LogP) is 1.84. The average Bonchev–Trinajstić information content (AvgIpc) is 2.99. The molecule has 0 aromatic carbocycles. The van der Waals surface area contributed by atoms with Gasteiger partial charge in [-0.3, -0.25) is 4.90 Å². The van der Waals surface area contributed by atoms with Crippen molar-refractivity contribution in [3.63, 3.8) is 0 Å². The molecule has 14 heavy (non-hydrogen) atoms. The SMILES string of the molecule is CC(C)[C@@H]1[C@@H](CN)CCCN1C1CC1. The monoisotopic (exact) mass is 196 g/mol. The maximum absolute atomic E-state index is 5.89. The first-order chi connectivity index (χ1) is 6.74. The zero-order valence-corrected chi connectivity index (χ0v) is 9.58. The Kier molecular flexibility index (Phi) is 3.13. The fourth-order valence-electron chi connectivity index (χ4n) is 3.14. The van der Waals surface area contributed by atoms with Gasteiger partial charge in [-0.15, -0.1) is 0 Å². The molecule has 2 N–H and O–H groups in total. The van der Waals surface area contributed by atoms with Crippen LogP contribution in [0, 0.1) is 11.8 Å². The van der Waals surface area contributed by atoms with Gasteiger partial charge in [-0.2, -0.15) is 0 Å². The molecule has 0 aromatic heterocycles. The molecule has 2 rings (SSSR count). The van der Waals surface area contributed by atoms with E-state index in [0.717, 1.165) is 30.5 Å². The maximum Gasteiger partial charge on any atom is 0.0161 e. The number of likely N-dealkylation sites (tertiary alicyclic amines) is 1. The fourth-order valence-corrected chi connectivity index (χ4v) is 3.14. The van der Waals surface area contributed by atoms with Gasteiger partial charge >= 0.3 is 0 Å². The van der Waals surface area contributed by atoms with Crippen LogP contribution >= 0.6 is 0 Å². The topological polar surface area (TPSA) is 29.3 Å². The van der Waals surface area contributed by atoms with Crippen molar-refractivity contribution in [2.24, 2.45) is 17.6 Å². The molecule has 1 heterocycles. The molecule has 2 atom stereocenters. The van der Waals surface area contributed by atoms with Gasteiger partial charge < -0.3 is 5.73 Å². The predicted molar refractivity (Wildman–Crippen MR) is 60.1 cm³/mol. The van der Waals surface area contributed by atoms with Crippen molar-refractivity contribution in [2.45, 2.75) is 51.6 Å². The molecule has 1 aliphatic heterocycles. The minimum Gasteiger partial charge on any atom is -0.330 e. The van der Waals surface area contributed by atoms with Crippen molar-refractivity contribution in [3.05, 3.63) is 0 Å². The molecule has 0 radical (unpaired) electrons. The normalized spacial score (nSPS) is 35.1. The van der Waals surface area contributed by atoms with Crippen LogP contribution in [0.5, 0.6) is 0 Å². The van der Waals surface area contributed by atoms with Crippen molar-refractivity contribution in [3.8, 4) is 0 Å². The largest absolute Gasteiger partial charge is 0.330 e. The summed E-state index contributed by atoms with van der Waals surface area (Å²) in [6, 6.07) is 1.68. The molecule has 1 saturated carbocycles. The third kappa shape index (κ3) is 1.96. The second-order valence-electron chi connectivity index (χ2n) is 5.34. The Morgan fingerprint density at radius 3 is 2.50 bits per heavy atom. The highest BCUT2D eigenvalue weighted by molar-refractivity contribution is 4.95. The summed E-state index contributed by atoms with van der Waals surface area (Å²) in [5.74, 6) is 1.52. The fraction of sp³-hybridized carbons (Fsp3) is 1.00. The number of nitrogens with two attached hydrogens (primary N) is 1. The smallest absolute Gasteiger partial charge is 0.0161 e.